The van der Waals surface area contributed by atoms with Gasteiger partial charge in [-0.05, 0) is 42.8 Å². The van der Waals surface area contributed by atoms with Crippen LogP contribution in [0.5, 0.6) is 0 Å². The lowest BCUT2D eigenvalue weighted by Crippen LogP contribution is -2.13. The average Bonchev–Trinajstić information content (AvgIpc) is 2.48. The summed E-state index contributed by atoms with van der Waals surface area (Å²) in [5.41, 5.74) is 11.4. The molecule has 0 radical (unpaired) electrons. The molecule has 1 aromatic heterocycles. The largest absolute Gasteiger partial charge is 0.396 e. The highest BCUT2D eigenvalue weighted by Crippen LogP contribution is 2.34. The number of anilines is 3. The van der Waals surface area contributed by atoms with E-state index in [0.717, 1.165) is 28.0 Å². The molecular weight excluding hydrogens is 246 g/mol. The van der Waals surface area contributed by atoms with Crippen molar-refractivity contribution in [2.24, 2.45) is 0 Å². The number of para-hydroxylation sites is 1. The van der Waals surface area contributed by atoms with E-state index in [4.69, 9.17) is 5.73 Å². The lowest BCUT2D eigenvalue weighted by Gasteiger charge is -2.23. The van der Waals surface area contributed by atoms with Crippen LogP contribution < -0.4 is 10.6 Å². The van der Waals surface area contributed by atoms with Crippen LogP contribution in [-0.4, -0.2) is 12.0 Å². The maximum atomic E-state index is 6.33. The number of nitrogens with zero attached hydrogens (tertiary/aromatic N) is 2. The third-order valence-electron chi connectivity index (χ3n) is 3.64. The van der Waals surface area contributed by atoms with Gasteiger partial charge in [0.1, 0.15) is 0 Å². The predicted molar refractivity (Wildman–Crippen MR) is 85.4 cm³/mol. The molecule has 0 saturated carbocycles. The van der Waals surface area contributed by atoms with Crippen LogP contribution in [0.1, 0.15) is 5.56 Å². The van der Waals surface area contributed by atoms with Crippen molar-refractivity contribution in [3.8, 4) is 0 Å². The van der Waals surface area contributed by atoms with Crippen molar-refractivity contribution in [2.75, 3.05) is 17.7 Å². The van der Waals surface area contributed by atoms with Gasteiger partial charge in [-0.3, -0.25) is 4.98 Å². The number of hydrogen-bond donors (Lipinski definition) is 1. The van der Waals surface area contributed by atoms with Gasteiger partial charge in [0.25, 0.3) is 0 Å². The van der Waals surface area contributed by atoms with E-state index >= 15 is 0 Å². The van der Waals surface area contributed by atoms with Gasteiger partial charge in [-0.15, -0.1) is 0 Å². The van der Waals surface area contributed by atoms with Gasteiger partial charge in [-0.1, -0.05) is 18.2 Å². The van der Waals surface area contributed by atoms with Crippen LogP contribution in [0.2, 0.25) is 0 Å². The SMILES string of the molecule is Cc1ccccc1N(C)c1ccc2ncccc2c1N. The second kappa shape index (κ2) is 4.85. The Labute approximate surface area is 118 Å². The van der Waals surface area contributed by atoms with Crippen molar-refractivity contribution >= 4 is 28.0 Å². The molecule has 1 heterocycles. The van der Waals surface area contributed by atoms with Crippen molar-refractivity contribution < 1.29 is 0 Å². The molecule has 0 fully saturated rings. The topological polar surface area (TPSA) is 42.2 Å². The second-order valence-electron chi connectivity index (χ2n) is 4.91. The fourth-order valence-corrected chi connectivity index (χ4v) is 2.53. The van der Waals surface area contributed by atoms with Gasteiger partial charge in [0.05, 0.1) is 16.9 Å². The normalized spacial score (nSPS) is 10.7. The Kier molecular flexibility index (Phi) is 3.03. The van der Waals surface area contributed by atoms with Crippen LogP contribution in [-0.2, 0) is 0 Å². The quantitative estimate of drug-likeness (QED) is 0.713. The summed E-state index contributed by atoms with van der Waals surface area (Å²) in [6, 6.07) is 16.2. The molecular formula is C17H17N3. The van der Waals surface area contributed by atoms with Crippen molar-refractivity contribution in [1.29, 1.82) is 0 Å². The number of fused-ring (bicyclic) bond motifs is 1. The van der Waals surface area contributed by atoms with Crippen molar-refractivity contribution in [3.05, 3.63) is 60.3 Å². The van der Waals surface area contributed by atoms with Gasteiger partial charge in [-0.2, -0.15) is 0 Å². The Hall–Kier alpha value is -2.55. The van der Waals surface area contributed by atoms with E-state index in [9.17, 15) is 0 Å². The maximum absolute atomic E-state index is 6.33. The summed E-state index contributed by atoms with van der Waals surface area (Å²) in [6.45, 7) is 2.10. The molecule has 0 saturated heterocycles. The van der Waals surface area contributed by atoms with E-state index in [0.29, 0.717) is 0 Å². The molecule has 20 heavy (non-hydrogen) atoms. The van der Waals surface area contributed by atoms with Gasteiger partial charge in [0, 0.05) is 24.3 Å². The molecule has 0 spiro atoms. The van der Waals surface area contributed by atoms with Crippen LogP contribution in [0, 0.1) is 6.92 Å². The highest BCUT2D eigenvalue weighted by molar-refractivity contribution is 5.98. The van der Waals surface area contributed by atoms with Crippen LogP contribution in [0.25, 0.3) is 10.9 Å². The standard InChI is InChI=1S/C17H17N3/c1-12-6-3-4-8-15(12)20(2)16-10-9-14-13(17(16)18)7-5-11-19-14/h3-11H,18H2,1-2H3. The van der Waals surface area contributed by atoms with Crippen LogP contribution in [0.15, 0.2) is 54.7 Å². The van der Waals surface area contributed by atoms with E-state index < -0.39 is 0 Å². The zero-order valence-corrected chi connectivity index (χ0v) is 11.7. The van der Waals surface area contributed by atoms with Gasteiger partial charge in [0.15, 0.2) is 0 Å². The molecule has 0 aliphatic heterocycles. The molecule has 3 aromatic rings. The second-order valence-corrected chi connectivity index (χ2v) is 4.91. The van der Waals surface area contributed by atoms with Crippen LogP contribution in [0.3, 0.4) is 0 Å². The third kappa shape index (κ3) is 1.97. The Morgan fingerprint density at radius 3 is 2.55 bits per heavy atom. The van der Waals surface area contributed by atoms with Crippen molar-refractivity contribution in [2.45, 2.75) is 6.92 Å². The molecule has 0 bridgehead atoms. The maximum Gasteiger partial charge on any atom is 0.0724 e. The summed E-state index contributed by atoms with van der Waals surface area (Å²) in [6.07, 6.45) is 1.78. The molecule has 2 aromatic carbocycles. The van der Waals surface area contributed by atoms with E-state index in [1.165, 1.54) is 5.56 Å². The summed E-state index contributed by atoms with van der Waals surface area (Å²) in [4.78, 5) is 6.46. The number of rotatable bonds is 2. The highest BCUT2D eigenvalue weighted by atomic mass is 15.1. The molecule has 3 rings (SSSR count). The average molecular weight is 263 g/mol. The summed E-state index contributed by atoms with van der Waals surface area (Å²) in [5.74, 6) is 0. The Morgan fingerprint density at radius 2 is 1.75 bits per heavy atom. The summed E-state index contributed by atoms with van der Waals surface area (Å²) in [5, 5.41) is 0.991. The summed E-state index contributed by atoms with van der Waals surface area (Å²) < 4.78 is 0. The molecule has 0 unspecified atom stereocenters. The van der Waals surface area contributed by atoms with Gasteiger partial charge in [0.2, 0.25) is 0 Å². The van der Waals surface area contributed by atoms with Gasteiger partial charge >= 0.3 is 0 Å². The molecule has 0 amide bonds. The number of aromatic nitrogens is 1. The predicted octanol–water partition coefficient (Wildman–Crippen LogP) is 3.89. The summed E-state index contributed by atoms with van der Waals surface area (Å²) >= 11 is 0. The van der Waals surface area contributed by atoms with Gasteiger partial charge < -0.3 is 10.6 Å². The monoisotopic (exact) mass is 263 g/mol. The minimum atomic E-state index is 0.765. The molecule has 0 aliphatic rings. The first-order chi connectivity index (χ1) is 9.68. The molecule has 2 N–H and O–H groups in total. The zero-order valence-electron chi connectivity index (χ0n) is 11.7. The van der Waals surface area contributed by atoms with Crippen LogP contribution >= 0.6 is 0 Å². The molecule has 3 heteroatoms. The van der Waals surface area contributed by atoms with E-state index in [1.807, 2.05) is 43.4 Å². The Balaban J connectivity index is 2.15. The first kappa shape index (κ1) is 12.5. The fourth-order valence-electron chi connectivity index (χ4n) is 2.53. The Morgan fingerprint density at radius 1 is 0.950 bits per heavy atom. The Bertz CT molecular complexity index is 765. The smallest absolute Gasteiger partial charge is 0.0724 e. The lowest BCUT2D eigenvalue weighted by molar-refractivity contribution is 1.19. The van der Waals surface area contributed by atoms with Crippen molar-refractivity contribution in [1.82, 2.24) is 4.98 Å². The molecule has 0 aliphatic carbocycles. The number of benzene rings is 2. The fraction of sp³-hybridized carbons (Fsp3) is 0.118. The van der Waals surface area contributed by atoms with Crippen molar-refractivity contribution in [3.63, 3.8) is 0 Å². The number of hydrogen-bond acceptors (Lipinski definition) is 3. The first-order valence-electron chi connectivity index (χ1n) is 6.61. The van der Waals surface area contributed by atoms with Crippen LogP contribution in [0.4, 0.5) is 17.1 Å². The molecule has 0 atom stereocenters. The molecule has 3 nitrogen and oxygen atoms in total. The van der Waals surface area contributed by atoms with Gasteiger partial charge in [-0.25, -0.2) is 0 Å². The number of nitrogens with two attached hydrogens (primary N) is 1. The highest BCUT2D eigenvalue weighted by Gasteiger charge is 2.11. The molecule has 100 valence electrons. The zero-order chi connectivity index (χ0) is 14.1. The number of aryl methyl sites for hydroxylation is 1. The minimum Gasteiger partial charge on any atom is -0.396 e. The first-order valence-corrected chi connectivity index (χ1v) is 6.61. The number of pyridine rings is 1. The third-order valence-corrected chi connectivity index (χ3v) is 3.64. The van der Waals surface area contributed by atoms with E-state index in [1.54, 1.807) is 6.20 Å². The van der Waals surface area contributed by atoms with E-state index in [-0.39, 0.29) is 0 Å². The lowest BCUT2D eigenvalue weighted by atomic mass is 10.1. The van der Waals surface area contributed by atoms with E-state index in [2.05, 4.69) is 28.9 Å². The summed E-state index contributed by atoms with van der Waals surface area (Å²) in [7, 11) is 2.04. The number of nitrogen functional groups attached to an aromatic ring is 1. The minimum absolute atomic E-state index is 0.765.